The van der Waals surface area contributed by atoms with Crippen molar-refractivity contribution in [3.63, 3.8) is 0 Å². The predicted molar refractivity (Wildman–Crippen MR) is 99.3 cm³/mol. The Balaban J connectivity index is 1.19. The molecule has 1 saturated heterocycles. The van der Waals surface area contributed by atoms with Crippen LogP contribution in [0.25, 0.3) is 0 Å². The van der Waals surface area contributed by atoms with Crippen molar-refractivity contribution < 1.29 is 9.53 Å². The lowest BCUT2D eigenvalue weighted by molar-refractivity contribution is -0.129. The second-order valence-corrected chi connectivity index (χ2v) is 9.70. The van der Waals surface area contributed by atoms with Gasteiger partial charge in [-0.1, -0.05) is 0 Å². The Kier molecular flexibility index (Phi) is 5.38. The third-order valence-corrected chi connectivity index (χ3v) is 7.48. The molecule has 0 radical (unpaired) electrons. The van der Waals surface area contributed by atoms with Gasteiger partial charge in [0.2, 0.25) is 5.91 Å². The van der Waals surface area contributed by atoms with E-state index in [9.17, 15) is 4.79 Å². The minimum atomic E-state index is 0.333. The molecule has 0 spiro atoms. The van der Waals surface area contributed by atoms with E-state index in [1.165, 1.54) is 51.5 Å². The molecule has 0 aromatic carbocycles. The van der Waals surface area contributed by atoms with E-state index < -0.39 is 0 Å². The van der Waals surface area contributed by atoms with Crippen molar-refractivity contribution in [2.75, 3.05) is 39.9 Å². The van der Waals surface area contributed by atoms with E-state index in [4.69, 9.17) is 4.74 Å². The van der Waals surface area contributed by atoms with Gasteiger partial charge < -0.3 is 15.0 Å². The summed E-state index contributed by atoms with van der Waals surface area (Å²) in [6.45, 7) is 5.18. The first-order valence-corrected chi connectivity index (χ1v) is 10.6. The summed E-state index contributed by atoms with van der Waals surface area (Å²) in [5.74, 6) is 3.79. The number of rotatable bonds is 8. The van der Waals surface area contributed by atoms with Crippen LogP contribution in [0.3, 0.4) is 0 Å². The van der Waals surface area contributed by atoms with Crippen LogP contribution < -0.4 is 5.32 Å². The number of carbonyl (C=O) groups excluding carboxylic acids is 1. The molecule has 5 rings (SSSR count). The molecule has 1 amide bonds. The zero-order valence-electron chi connectivity index (χ0n) is 16.0. The predicted octanol–water partition coefficient (Wildman–Crippen LogP) is 3.07. The zero-order valence-corrected chi connectivity index (χ0v) is 16.0. The Labute approximate surface area is 153 Å². The van der Waals surface area contributed by atoms with Gasteiger partial charge in [0, 0.05) is 39.8 Å². The molecule has 0 aromatic heterocycles. The van der Waals surface area contributed by atoms with Gasteiger partial charge in [0.25, 0.3) is 0 Å². The summed E-state index contributed by atoms with van der Waals surface area (Å²) in [6.07, 6.45) is 11.5. The average Bonchev–Trinajstić information content (AvgIpc) is 2.99. The van der Waals surface area contributed by atoms with E-state index in [0.717, 1.165) is 56.8 Å². The molecule has 1 atom stereocenters. The molecule has 4 aliphatic carbocycles. The van der Waals surface area contributed by atoms with E-state index in [1.807, 2.05) is 0 Å². The number of likely N-dealkylation sites (tertiary alicyclic amines) is 1. The lowest BCUT2D eigenvalue weighted by Crippen LogP contribution is -2.48. The number of ether oxygens (including phenoxy) is 1. The molecule has 1 unspecified atom stereocenters. The van der Waals surface area contributed by atoms with E-state index in [-0.39, 0.29) is 0 Å². The van der Waals surface area contributed by atoms with Crippen molar-refractivity contribution in [2.45, 2.75) is 57.8 Å². The van der Waals surface area contributed by atoms with Crippen molar-refractivity contribution in [1.29, 1.82) is 0 Å². The number of nitrogens with one attached hydrogen (secondary N) is 1. The maximum atomic E-state index is 12.6. The first-order chi connectivity index (χ1) is 12.1. The van der Waals surface area contributed by atoms with Crippen LogP contribution in [-0.2, 0) is 9.53 Å². The van der Waals surface area contributed by atoms with Gasteiger partial charge in [-0.15, -0.1) is 0 Å². The second kappa shape index (κ2) is 7.56. The van der Waals surface area contributed by atoms with Crippen molar-refractivity contribution in [3.05, 3.63) is 0 Å². The number of amides is 1. The van der Waals surface area contributed by atoms with Crippen LogP contribution >= 0.6 is 0 Å². The number of nitrogens with zero attached hydrogens (tertiary/aromatic N) is 1. The maximum absolute atomic E-state index is 12.6. The van der Waals surface area contributed by atoms with Gasteiger partial charge in [0.05, 0.1) is 0 Å². The smallest absolute Gasteiger partial charge is 0.220 e. The van der Waals surface area contributed by atoms with Gasteiger partial charge in [-0.05, 0) is 87.0 Å². The molecule has 4 heteroatoms. The molecule has 5 aliphatic rings. The van der Waals surface area contributed by atoms with Crippen molar-refractivity contribution in [3.8, 4) is 0 Å². The number of carbonyl (C=O) groups is 1. The molecular formula is C21H36N2O2. The fraction of sp³-hybridized carbons (Fsp3) is 0.952. The van der Waals surface area contributed by atoms with Crippen molar-refractivity contribution >= 4 is 5.91 Å². The van der Waals surface area contributed by atoms with Gasteiger partial charge >= 0.3 is 0 Å². The molecule has 4 bridgehead atoms. The highest BCUT2D eigenvalue weighted by Crippen LogP contribution is 2.61. The first kappa shape index (κ1) is 17.8. The van der Waals surface area contributed by atoms with E-state index in [2.05, 4.69) is 10.2 Å². The number of methoxy groups -OCH3 is 1. The molecule has 1 heterocycles. The third kappa shape index (κ3) is 4.21. The van der Waals surface area contributed by atoms with Gasteiger partial charge in [0.15, 0.2) is 0 Å². The van der Waals surface area contributed by atoms with Crippen LogP contribution in [-0.4, -0.2) is 50.7 Å². The topological polar surface area (TPSA) is 41.6 Å². The highest BCUT2D eigenvalue weighted by molar-refractivity contribution is 5.76. The Morgan fingerprint density at radius 3 is 2.48 bits per heavy atom. The Morgan fingerprint density at radius 1 is 1.16 bits per heavy atom. The SMILES string of the molecule is COCCCN1CCC(CNC(=O)CC23CC4CC(CC(C4)C2)C3)C1. The monoisotopic (exact) mass is 348 g/mol. The van der Waals surface area contributed by atoms with Crippen LogP contribution in [0.2, 0.25) is 0 Å². The molecule has 1 aliphatic heterocycles. The Hall–Kier alpha value is -0.610. The van der Waals surface area contributed by atoms with Crippen LogP contribution in [0.5, 0.6) is 0 Å². The molecule has 25 heavy (non-hydrogen) atoms. The Morgan fingerprint density at radius 2 is 1.84 bits per heavy atom. The fourth-order valence-corrected chi connectivity index (χ4v) is 6.88. The van der Waals surface area contributed by atoms with Gasteiger partial charge in [0.1, 0.15) is 0 Å². The van der Waals surface area contributed by atoms with Crippen molar-refractivity contribution in [1.82, 2.24) is 10.2 Å². The standard InChI is InChI=1S/C21H36N2O2/c1-25-6-2-4-23-5-3-16(15-23)14-22-20(24)13-21-10-17-7-18(11-21)9-19(8-17)12-21/h16-19H,2-15H2,1H3,(H,22,24). The number of hydrogen-bond acceptors (Lipinski definition) is 3. The molecule has 4 nitrogen and oxygen atoms in total. The summed E-state index contributed by atoms with van der Waals surface area (Å²) in [4.78, 5) is 15.2. The molecule has 0 aromatic rings. The molecule has 5 fully saturated rings. The summed E-state index contributed by atoms with van der Waals surface area (Å²) >= 11 is 0. The highest BCUT2D eigenvalue weighted by Gasteiger charge is 2.51. The summed E-state index contributed by atoms with van der Waals surface area (Å²) in [6, 6.07) is 0. The van der Waals surface area contributed by atoms with Crippen LogP contribution in [0.1, 0.15) is 57.8 Å². The summed E-state index contributed by atoms with van der Waals surface area (Å²) in [7, 11) is 1.77. The van der Waals surface area contributed by atoms with E-state index in [1.54, 1.807) is 7.11 Å². The van der Waals surface area contributed by atoms with E-state index in [0.29, 0.717) is 17.2 Å². The minimum Gasteiger partial charge on any atom is -0.385 e. The summed E-state index contributed by atoms with van der Waals surface area (Å²) < 4.78 is 5.14. The van der Waals surface area contributed by atoms with E-state index >= 15 is 0 Å². The molecule has 4 saturated carbocycles. The second-order valence-electron chi connectivity index (χ2n) is 9.70. The van der Waals surface area contributed by atoms with Gasteiger partial charge in [-0.25, -0.2) is 0 Å². The fourth-order valence-electron chi connectivity index (χ4n) is 6.88. The number of hydrogen-bond donors (Lipinski definition) is 1. The quantitative estimate of drug-likeness (QED) is 0.686. The van der Waals surface area contributed by atoms with Crippen LogP contribution in [0, 0.1) is 29.1 Å². The maximum Gasteiger partial charge on any atom is 0.220 e. The third-order valence-electron chi connectivity index (χ3n) is 7.48. The average molecular weight is 349 g/mol. The molecular weight excluding hydrogens is 312 g/mol. The lowest BCUT2D eigenvalue weighted by atomic mass is 9.49. The zero-order chi connectivity index (χ0) is 17.3. The van der Waals surface area contributed by atoms with Gasteiger partial charge in [-0.2, -0.15) is 0 Å². The highest BCUT2D eigenvalue weighted by atomic mass is 16.5. The Bertz CT molecular complexity index is 443. The first-order valence-electron chi connectivity index (χ1n) is 10.6. The molecule has 1 N–H and O–H groups in total. The summed E-state index contributed by atoms with van der Waals surface area (Å²) in [5, 5.41) is 3.30. The van der Waals surface area contributed by atoms with Gasteiger partial charge in [-0.3, -0.25) is 4.79 Å². The largest absolute Gasteiger partial charge is 0.385 e. The molecule has 142 valence electrons. The van der Waals surface area contributed by atoms with Crippen LogP contribution in [0.4, 0.5) is 0 Å². The summed E-state index contributed by atoms with van der Waals surface area (Å²) in [5.41, 5.74) is 0.376. The minimum absolute atomic E-state index is 0.333. The lowest BCUT2D eigenvalue weighted by Gasteiger charge is -2.56. The van der Waals surface area contributed by atoms with Crippen molar-refractivity contribution in [2.24, 2.45) is 29.1 Å². The van der Waals surface area contributed by atoms with Crippen LogP contribution in [0.15, 0.2) is 0 Å². The normalized spacial score (nSPS) is 39.9.